The first-order valence-electron chi connectivity index (χ1n) is 5.86. The predicted octanol–water partition coefficient (Wildman–Crippen LogP) is 2.81. The molecule has 1 aromatic rings. The van der Waals surface area contributed by atoms with Gasteiger partial charge < -0.3 is 9.47 Å². The van der Waals surface area contributed by atoms with Crippen LogP contribution in [0.15, 0.2) is 24.3 Å². The van der Waals surface area contributed by atoms with Crippen LogP contribution < -0.4 is 0 Å². The standard InChI is InChI=1S/C14H17ClO3/c1-13(2,12(16)17-3)14(8-18-9-14)10-4-6-11(15)7-5-10/h4-7H,8-9H2,1-3H3. The number of benzene rings is 1. The number of esters is 1. The SMILES string of the molecule is COC(=O)C(C)(C)C1(c2ccc(Cl)cc2)COC1. The van der Waals surface area contributed by atoms with Crippen molar-refractivity contribution in [2.45, 2.75) is 19.3 Å². The fourth-order valence-corrected chi connectivity index (χ4v) is 2.54. The van der Waals surface area contributed by atoms with Gasteiger partial charge in [0.2, 0.25) is 0 Å². The number of ether oxygens (including phenoxy) is 2. The van der Waals surface area contributed by atoms with Gasteiger partial charge in [-0.3, -0.25) is 4.79 Å². The molecule has 4 heteroatoms. The molecule has 0 radical (unpaired) electrons. The summed E-state index contributed by atoms with van der Waals surface area (Å²) in [6.07, 6.45) is 0. The molecular weight excluding hydrogens is 252 g/mol. The van der Waals surface area contributed by atoms with Gasteiger partial charge in [-0.1, -0.05) is 23.7 Å². The Morgan fingerprint density at radius 3 is 2.28 bits per heavy atom. The molecule has 98 valence electrons. The van der Waals surface area contributed by atoms with Gasteiger partial charge in [-0.2, -0.15) is 0 Å². The second-order valence-corrected chi connectivity index (χ2v) is 5.63. The third kappa shape index (κ3) is 1.82. The van der Waals surface area contributed by atoms with Gasteiger partial charge in [0.05, 0.1) is 31.2 Å². The van der Waals surface area contributed by atoms with Gasteiger partial charge >= 0.3 is 5.97 Å². The molecule has 18 heavy (non-hydrogen) atoms. The van der Waals surface area contributed by atoms with Crippen LogP contribution in [0, 0.1) is 5.41 Å². The second-order valence-electron chi connectivity index (χ2n) is 5.20. The molecule has 0 aliphatic carbocycles. The summed E-state index contributed by atoms with van der Waals surface area (Å²) in [5.41, 5.74) is 0.104. The van der Waals surface area contributed by atoms with Crippen molar-refractivity contribution in [2.24, 2.45) is 5.41 Å². The summed E-state index contributed by atoms with van der Waals surface area (Å²) in [5.74, 6) is -0.222. The van der Waals surface area contributed by atoms with Crippen LogP contribution in [0.2, 0.25) is 5.02 Å². The lowest BCUT2D eigenvalue weighted by molar-refractivity contribution is -0.174. The molecule has 0 spiro atoms. The highest BCUT2D eigenvalue weighted by Crippen LogP contribution is 2.48. The highest BCUT2D eigenvalue weighted by atomic mass is 35.5. The smallest absolute Gasteiger partial charge is 0.312 e. The van der Waals surface area contributed by atoms with Crippen LogP contribution in [-0.2, 0) is 19.7 Å². The number of hydrogen-bond acceptors (Lipinski definition) is 3. The van der Waals surface area contributed by atoms with Crippen molar-refractivity contribution in [3.63, 3.8) is 0 Å². The molecule has 0 saturated carbocycles. The first-order chi connectivity index (χ1) is 8.44. The van der Waals surface area contributed by atoms with Gasteiger partial charge in [-0.05, 0) is 31.5 Å². The van der Waals surface area contributed by atoms with Crippen molar-refractivity contribution < 1.29 is 14.3 Å². The van der Waals surface area contributed by atoms with Crippen LogP contribution in [0.1, 0.15) is 19.4 Å². The van der Waals surface area contributed by atoms with Gasteiger partial charge in [0.1, 0.15) is 0 Å². The topological polar surface area (TPSA) is 35.5 Å². The Balaban J connectivity index is 2.42. The molecular formula is C14H17ClO3. The number of rotatable bonds is 3. The second kappa shape index (κ2) is 4.56. The van der Waals surface area contributed by atoms with E-state index in [-0.39, 0.29) is 11.4 Å². The lowest BCUT2D eigenvalue weighted by Gasteiger charge is -2.51. The van der Waals surface area contributed by atoms with Crippen LogP contribution in [0.3, 0.4) is 0 Å². The predicted molar refractivity (Wildman–Crippen MR) is 69.7 cm³/mol. The Kier molecular flexibility index (Phi) is 3.39. The van der Waals surface area contributed by atoms with Crippen LogP contribution in [-0.4, -0.2) is 26.3 Å². The number of carbonyl (C=O) groups is 1. The maximum Gasteiger partial charge on any atom is 0.312 e. The van der Waals surface area contributed by atoms with E-state index in [0.29, 0.717) is 18.2 Å². The zero-order chi connectivity index (χ0) is 13.4. The van der Waals surface area contributed by atoms with Gasteiger partial charge in [-0.25, -0.2) is 0 Å². The summed E-state index contributed by atoms with van der Waals surface area (Å²) >= 11 is 5.90. The molecule has 0 aromatic heterocycles. The van der Waals surface area contributed by atoms with Gasteiger partial charge in [0.15, 0.2) is 0 Å². The highest BCUT2D eigenvalue weighted by Gasteiger charge is 2.56. The normalized spacial score (nSPS) is 18.0. The molecule has 0 amide bonds. The largest absolute Gasteiger partial charge is 0.469 e. The van der Waals surface area contributed by atoms with Crippen molar-refractivity contribution in [1.29, 1.82) is 0 Å². The van der Waals surface area contributed by atoms with Crippen molar-refractivity contribution >= 4 is 17.6 Å². The Morgan fingerprint density at radius 1 is 1.33 bits per heavy atom. The summed E-state index contributed by atoms with van der Waals surface area (Å²) in [5, 5.41) is 0.685. The van der Waals surface area contributed by atoms with E-state index in [1.54, 1.807) is 0 Å². The van der Waals surface area contributed by atoms with E-state index >= 15 is 0 Å². The molecule has 0 unspecified atom stereocenters. The van der Waals surface area contributed by atoms with Crippen LogP contribution in [0.25, 0.3) is 0 Å². The minimum Gasteiger partial charge on any atom is -0.469 e. The van der Waals surface area contributed by atoms with Crippen molar-refractivity contribution in [2.75, 3.05) is 20.3 Å². The average molecular weight is 269 g/mol. The third-order valence-electron chi connectivity index (χ3n) is 3.99. The summed E-state index contributed by atoms with van der Waals surface area (Å²) in [6, 6.07) is 7.58. The quantitative estimate of drug-likeness (QED) is 0.791. The summed E-state index contributed by atoms with van der Waals surface area (Å²) in [6.45, 7) is 4.85. The minimum absolute atomic E-state index is 0.222. The molecule has 1 aliphatic rings. The Hall–Kier alpha value is -1.06. The summed E-state index contributed by atoms with van der Waals surface area (Å²) in [7, 11) is 1.42. The summed E-state index contributed by atoms with van der Waals surface area (Å²) in [4.78, 5) is 12.0. The Bertz CT molecular complexity index is 447. The lowest BCUT2D eigenvalue weighted by atomic mass is 9.60. The molecule has 0 N–H and O–H groups in total. The van der Waals surface area contributed by atoms with E-state index in [0.717, 1.165) is 5.56 Å². The van der Waals surface area contributed by atoms with Crippen molar-refractivity contribution in [1.82, 2.24) is 0 Å². The third-order valence-corrected chi connectivity index (χ3v) is 4.24. The van der Waals surface area contributed by atoms with E-state index in [1.807, 2.05) is 38.1 Å². The maximum atomic E-state index is 12.0. The van der Waals surface area contributed by atoms with Crippen LogP contribution in [0.5, 0.6) is 0 Å². The zero-order valence-corrected chi connectivity index (χ0v) is 11.6. The molecule has 1 aliphatic heterocycles. The van der Waals surface area contributed by atoms with Gasteiger partial charge in [0, 0.05) is 5.02 Å². The van der Waals surface area contributed by atoms with E-state index in [1.165, 1.54) is 7.11 Å². The average Bonchev–Trinajstić information content (AvgIpc) is 2.28. The molecule has 0 bridgehead atoms. The Morgan fingerprint density at radius 2 is 1.89 bits per heavy atom. The van der Waals surface area contributed by atoms with Gasteiger partial charge in [0.25, 0.3) is 0 Å². The molecule has 1 aromatic carbocycles. The van der Waals surface area contributed by atoms with Crippen molar-refractivity contribution in [3.8, 4) is 0 Å². The fourth-order valence-electron chi connectivity index (χ4n) is 2.41. The molecule has 0 atom stereocenters. The first-order valence-corrected chi connectivity index (χ1v) is 6.24. The molecule has 2 rings (SSSR count). The number of halogens is 1. The van der Waals surface area contributed by atoms with Crippen LogP contribution in [0.4, 0.5) is 0 Å². The number of methoxy groups -OCH3 is 1. The number of carbonyl (C=O) groups excluding carboxylic acids is 1. The number of hydrogen-bond donors (Lipinski definition) is 0. The molecule has 3 nitrogen and oxygen atoms in total. The lowest BCUT2D eigenvalue weighted by Crippen LogP contribution is -2.60. The zero-order valence-electron chi connectivity index (χ0n) is 10.8. The van der Waals surface area contributed by atoms with Crippen molar-refractivity contribution in [3.05, 3.63) is 34.9 Å². The van der Waals surface area contributed by atoms with E-state index in [2.05, 4.69) is 0 Å². The fraction of sp³-hybridized carbons (Fsp3) is 0.500. The minimum atomic E-state index is -0.631. The molecule has 1 fully saturated rings. The highest BCUT2D eigenvalue weighted by molar-refractivity contribution is 6.30. The first kappa shape index (κ1) is 13.4. The van der Waals surface area contributed by atoms with E-state index in [4.69, 9.17) is 21.1 Å². The van der Waals surface area contributed by atoms with E-state index < -0.39 is 5.41 Å². The monoisotopic (exact) mass is 268 g/mol. The summed E-state index contributed by atoms with van der Waals surface area (Å²) < 4.78 is 10.3. The van der Waals surface area contributed by atoms with Gasteiger partial charge in [-0.15, -0.1) is 0 Å². The van der Waals surface area contributed by atoms with Crippen LogP contribution >= 0.6 is 11.6 Å². The Labute approximate surface area is 112 Å². The maximum absolute atomic E-state index is 12.0. The molecule has 1 heterocycles. The van der Waals surface area contributed by atoms with E-state index in [9.17, 15) is 4.79 Å². The molecule has 1 saturated heterocycles.